The van der Waals surface area contributed by atoms with Crippen LogP contribution in [0.4, 0.5) is 5.95 Å². The summed E-state index contributed by atoms with van der Waals surface area (Å²) in [6.45, 7) is 4.83. The molecule has 35 heavy (non-hydrogen) atoms. The summed E-state index contributed by atoms with van der Waals surface area (Å²) in [5, 5.41) is 9.69. The first-order valence-corrected chi connectivity index (χ1v) is 12.6. The van der Waals surface area contributed by atoms with Crippen molar-refractivity contribution in [3.63, 3.8) is 0 Å². The number of piperazine rings is 1. The summed E-state index contributed by atoms with van der Waals surface area (Å²) in [4.78, 5) is 25.7. The molecule has 178 valence electrons. The van der Waals surface area contributed by atoms with Gasteiger partial charge >= 0.3 is 0 Å². The second kappa shape index (κ2) is 10.7. The van der Waals surface area contributed by atoms with Crippen LogP contribution < -0.4 is 4.90 Å². The molecule has 0 atom stereocenters. The van der Waals surface area contributed by atoms with Crippen LogP contribution in [0.25, 0.3) is 5.69 Å². The number of anilines is 1. The second-order valence-corrected chi connectivity index (χ2v) is 9.38. The average Bonchev–Trinajstić information content (AvgIpc) is 3.30. The third kappa shape index (κ3) is 5.51. The van der Waals surface area contributed by atoms with Gasteiger partial charge in [-0.3, -0.25) is 9.36 Å². The molecule has 1 saturated heterocycles. The van der Waals surface area contributed by atoms with E-state index in [4.69, 9.17) is 0 Å². The number of aryl methyl sites for hydroxylation is 1. The maximum absolute atomic E-state index is 13.0. The number of carbonyl (C=O) groups is 1. The molecular weight excluding hydrogens is 458 g/mol. The number of rotatable bonds is 7. The Balaban J connectivity index is 1.28. The van der Waals surface area contributed by atoms with Crippen molar-refractivity contribution in [3.8, 4) is 5.69 Å². The summed E-state index contributed by atoms with van der Waals surface area (Å²) in [6, 6.07) is 20.3. The van der Waals surface area contributed by atoms with Gasteiger partial charge < -0.3 is 9.80 Å². The second-order valence-electron chi connectivity index (χ2n) is 8.44. The van der Waals surface area contributed by atoms with Crippen molar-refractivity contribution in [3.05, 3.63) is 90.0 Å². The Hall–Kier alpha value is -3.72. The molecule has 3 heterocycles. The third-order valence-corrected chi connectivity index (χ3v) is 6.87. The van der Waals surface area contributed by atoms with Crippen LogP contribution in [0.2, 0.25) is 0 Å². The summed E-state index contributed by atoms with van der Waals surface area (Å²) in [5.41, 5.74) is 3.34. The van der Waals surface area contributed by atoms with Crippen LogP contribution in [0.3, 0.4) is 0 Å². The smallest absolute Gasteiger partial charge is 0.233 e. The summed E-state index contributed by atoms with van der Waals surface area (Å²) >= 11 is 1.44. The molecule has 0 radical (unpaired) electrons. The highest BCUT2D eigenvalue weighted by Crippen LogP contribution is 2.25. The van der Waals surface area contributed by atoms with Crippen LogP contribution in [0.1, 0.15) is 17.0 Å². The highest BCUT2D eigenvalue weighted by Gasteiger charge is 2.24. The first-order valence-electron chi connectivity index (χ1n) is 11.7. The Bertz CT molecular complexity index is 1270. The first-order chi connectivity index (χ1) is 17.2. The number of carbonyl (C=O) groups excluding carboxylic acids is 1. The molecule has 0 bridgehead atoms. The Morgan fingerprint density at radius 3 is 2.43 bits per heavy atom. The summed E-state index contributed by atoms with van der Waals surface area (Å²) in [5.74, 6) is 1.99. The van der Waals surface area contributed by atoms with E-state index in [1.165, 1.54) is 17.3 Å². The Morgan fingerprint density at radius 1 is 0.914 bits per heavy atom. The van der Waals surface area contributed by atoms with Crippen LogP contribution in [0.5, 0.6) is 0 Å². The van der Waals surface area contributed by atoms with Gasteiger partial charge in [0.05, 0.1) is 5.75 Å². The SMILES string of the molecule is Cc1cccc(-n2c(Cc3ccccc3)nnc2SCC(=O)N2CCN(c3ncccn3)CC2)c1. The van der Waals surface area contributed by atoms with E-state index in [0.717, 1.165) is 35.3 Å². The van der Waals surface area contributed by atoms with Gasteiger partial charge in [0, 0.05) is 50.7 Å². The number of nitrogens with zero attached hydrogens (tertiary/aromatic N) is 7. The molecule has 1 aliphatic rings. The van der Waals surface area contributed by atoms with Gasteiger partial charge in [0.15, 0.2) is 5.16 Å². The summed E-state index contributed by atoms with van der Waals surface area (Å²) in [7, 11) is 0. The van der Waals surface area contributed by atoms with E-state index in [0.29, 0.717) is 31.2 Å². The number of benzene rings is 2. The molecule has 0 saturated carbocycles. The zero-order valence-corrected chi connectivity index (χ0v) is 20.4. The molecule has 2 aromatic heterocycles. The predicted molar refractivity (Wildman–Crippen MR) is 137 cm³/mol. The van der Waals surface area contributed by atoms with Crippen LogP contribution in [0.15, 0.2) is 78.2 Å². The minimum Gasteiger partial charge on any atom is -0.338 e. The molecular formula is C26H27N7OS. The minimum absolute atomic E-state index is 0.104. The fourth-order valence-electron chi connectivity index (χ4n) is 4.14. The van der Waals surface area contributed by atoms with Crippen LogP contribution in [-0.4, -0.2) is 67.5 Å². The summed E-state index contributed by atoms with van der Waals surface area (Å²) in [6.07, 6.45) is 4.15. The van der Waals surface area contributed by atoms with E-state index in [-0.39, 0.29) is 5.91 Å². The van der Waals surface area contributed by atoms with E-state index in [2.05, 4.69) is 66.9 Å². The van der Waals surface area contributed by atoms with Crippen molar-refractivity contribution in [2.45, 2.75) is 18.5 Å². The van der Waals surface area contributed by atoms with Crippen molar-refractivity contribution in [1.82, 2.24) is 29.6 Å². The average molecular weight is 486 g/mol. The van der Waals surface area contributed by atoms with E-state index in [1.54, 1.807) is 18.5 Å². The molecule has 1 fully saturated rings. The number of amides is 1. The molecule has 1 aliphatic heterocycles. The van der Waals surface area contributed by atoms with Crippen LogP contribution in [0, 0.1) is 6.92 Å². The summed E-state index contributed by atoms with van der Waals surface area (Å²) < 4.78 is 2.07. The van der Waals surface area contributed by atoms with Crippen molar-refractivity contribution < 1.29 is 4.79 Å². The van der Waals surface area contributed by atoms with Gasteiger partial charge in [-0.1, -0.05) is 54.2 Å². The maximum atomic E-state index is 13.0. The monoisotopic (exact) mass is 485 g/mol. The van der Waals surface area contributed by atoms with Gasteiger partial charge in [-0.15, -0.1) is 10.2 Å². The van der Waals surface area contributed by atoms with E-state index < -0.39 is 0 Å². The number of hydrogen-bond acceptors (Lipinski definition) is 7. The standard InChI is InChI=1S/C26H27N7OS/c1-20-7-5-10-22(17-20)33-23(18-21-8-3-2-4-9-21)29-30-26(33)35-19-24(34)31-13-15-32(16-14-31)25-27-11-6-12-28-25/h2-12,17H,13-16,18-19H2,1H3. The zero-order valence-electron chi connectivity index (χ0n) is 19.6. The zero-order chi connectivity index (χ0) is 24.0. The van der Waals surface area contributed by atoms with Crippen molar-refractivity contribution in [1.29, 1.82) is 0 Å². The molecule has 5 rings (SSSR count). The van der Waals surface area contributed by atoms with Crippen molar-refractivity contribution in [2.75, 3.05) is 36.8 Å². The van der Waals surface area contributed by atoms with E-state index >= 15 is 0 Å². The van der Waals surface area contributed by atoms with E-state index in [9.17, 15) is 4.79 Å². The molecule has 8 nitrogen and oxygen atoms in total. The lowest BCUT2D eigenvalue weighted by Gasteiger charge is -2.34. The van der Waals surface area contributed by atoms with Gasteiger partial charge in [0.2, 0.25) is 11.9 Å². The normalized spacial score (nSPS) is 13.7. The molecule has 2 aromatic carbocycles. The fourth-order valence-corrected chi connectivity index (χ4v) is 5.01. The van der Waals surface area contributed by atoms with Gasteiger partial charge in [0.25, 0.3) is 0 Å². The fraction of sp³-hybridized carbons (Fsp3) is 0.269. The Morgan fingerprint density at radius 2 is 1.69 bits per heavy atom. The van der Waals surface area contributed by atoms with Gasteiger partial charge in [-0.05, 0) is 36.2 Å². The van der Waals surface area contributed by atoms with E-state index in [1.807, 2.05) is 29.2 Å². The lowest BCUT2D eigenvalue weighted by molar-refractivity contribution is -0.128. The molecule has 0 aliphatic carbocycles. The molecule has 1 amide bonds. The maximum Gasteiger partial charge on any atom is 0.233 e. The van der Waals surface area contributed by atoms with Crippen LogP contribution >= 0.6 is 11.8 Å². The number of thioether (sulfide) groups is 1. The lowest BCUT2D eigenvalue weighted by Crippen LogP contribution is -2.49. The van der Waals surface area contributed by atoms with Gasteiger partial charge in [-0.2, -0.15) is 0 Å². The third-order valence-electron chi connectivity index (χ3n) is 5.96. The molecule has 9 heteroatoms. The van der Waals surface area contributed by atoms with Gasteiger partial charge in [0.1, 0.15) is 5.82 Å². The molecule has 4 aromatic rings. The highest BCUT2D eigenvalue weighted by molar-refractivity contribution is 7.99. The number of hydrogen-bond donors (Lipinski definition) is 0. The number of aromatic nitrogens is 5. The molecule has 0 unspecified atom stereocenters. The Labute approximate surface area is 209 Å². The minimum atomic E-state index is 0.104. The Kier molecular flexibility index (Phi) is 7.04. The first kappa shape index (κ1) is 23.0. The highest BCUT2D eigenvalue weighted by atomic mass is 32.2. The van der Waals surface area contributed by atoms with Crippen LogP contribution in [-0.2, 0) is 11.2 Å². The largest absolute Gasteiger partial charge is 0.338 e. The quantitative estimate of drug-likeness (QED) is 0.371. The van der Waals surface area contributed by atoms with Crippen molar-refractivity contribution in [2.24, 2.45) is 0 Å². The predicted octanol–water partition coefficient (Wildman–Crippen LogP) is 3.40. The van der Waals surface area contributed by atoms with Gasteiger partial charge in [-0.25, -0.2) is 9.97 Å². The van der Waals surface area contributed by atoms with Crippen molar-refractivity contribution >= 4 is 23.6 Å². The molecule has 0 spiro atoms. The molecule has 0 N–H and O–H groups in total. The topological polar surface area (TPSA) is 80.0 Å². The lowest BCUT2D eigenvalue weighted by atomic mass is 10.1.